The Morgan fingerprint density at radius 3 is 2.35 bits per heavy atom. The zero-order valence-electron chi connectivity index (χ0n) is 13.1. The average Bonchev–Trinajstić information content (AvgIpc) is 2.58. The van der Waals surface area contributed by atoms with Crippen LogP contribution in [-0.4, -0.2) is 17.8 Å². The second-order valence-corrected chi connectivity index (χ2v) is 6.16. The second-order valence-electron chi connectivity index (χ2n) is 5.35. The van der Waals surface area contributed by atoms with Crippen LogP contribution in [0.5, 0.6) is 5.75 Å². The first-order chi connectivity index (χ1) is 11.1. The molecule has 2 N–H and O–H groups in total. The fourth-order valence-electron chi connectivity index (χ4n) is 2.10. The molecular weight excluding hydrogens is 333 g/mol. The van der Waals surface area contributed by atoms with Gasteiger partial charge in [0.05, 0.1) is 16.7 Å². The Morgan fingerprint density at radius 2 is 1.74 bits per heavy atom. The summed E-state index contributed by atoms with van der Waals surface area (Å²) >= 11 is 11.9. The summed E-state index contributed by atoms with van der Waals surface area (Å²) in [6.07, 6.45) is 0.904. The van der Waals surface area contributed by atoms with Crippen LogP contribution in [-0.2, 0) is 13.2 Å². The van der Waals surface area contributed by atoms with Gasteiger partial charge in [-0.3, -0.25) is 0 Å². The van der Waals surface area contributed by atoms with Crippen LogP contribution in [0.3, 0.4) is 0 Å². The lowest BCUT2D eigenvalue weighted by Crippen LogP contribution is -2.31. The number of ether oxygens (including phenoxy) is 1. The molecule has 1 atom stereocenters. The molecule has 0 aliphatic rings. The van der Waals surface area contributed by atoms with Crippen molar-refractivity contribution < 1.29 is 9.84 Å². The van der Waals surface area contributed by atoms with E-state index in [-0.39, 0.29) is 12.6 Å². The number of hydrogen-bond acceptors (Lipinski definition) is 3. The number of nitrogens with one attached hydrogen (secondary N) is 1. The molecule has 2 aromatic carbocycles. The number of aliphatic hydroxyl groups is 1. The summed E-state index contributed by atoms with van der Waals surface area (Å²) in [7, 11) is 0. The topological polar surface area (TPSA) is 41.5 Å². The van der Waals surface area contributed by atoms with Gasteiger partial charge >= 0.3 is 0 Å². The fourth-order valence-corrected chi connectivity index (χ4v) is 2.42. The molecule has 0 bridgehead atoms. The predicted octanol–water partition coefficient (Wildman–Crippen LogP) is 4.43. The molecule has 0 spiro atoms. The highest BCUT2D eigenvalue weighted by atomic mass is 35.5. The second kappa shape index (κ2) is 9.14. The molecule has 5 heteroatoms. The van der Waals surface area contributed by atoms with Crippen LogP contribution in [0.2, 0.25) is 10.0 Å². The van der Waals surface area contributed by atoms with Gasteiger partial charge in [-0.2, -0.15) is 0 Å². The van der Waals surface area contributed by atoms with Gasteiger partial charge in [-0.1, -0.05) is 48.3 Å². The van der Waals surface area contributed by atoms with E-state index in [0.717, 1.165) is 29.8 Å². The van der Waals surface area contributed by atoms with Crippen molar-refractivity contribution in [2.24, 2.45) is 0 Å². The number of aliphatic hydroxyl groups excluding tert-OH is 1. The van der Waals surface area contributed by atoms with Gasteiger partial charge < -0.3 is 15.2 Å². The molecule has 124 valence electrons. The smallest absolute Gasteiger partial charge is 0.119 e. The van der Waals surface area contributed by atoms with Crippen LogP contribution in [0.25, 0.3) is 0 Å². The summed E-state index contributed by atoms with van der Waals surface area (Å²) in [5.74, 6) is 0.800. The zero-order valence-corrected chi connectivity index (χ0v) is 14.6. The highest BCUT2D eigenvalue weighted by Gasteiger charge is 2.04. The minimum absolute atomic E-state index is 0.139. The summed E-state index contributed by atoms with van der Waals surface area (Å²) in [4.78, 5) is 0. The van der Waals surface area contributed by atoms with Crippen molar-refractivity contribution in [1.82, 2.24) is 5.32 Å². The first kappa shape index (κ1) is 18.1. The molecule has 0 aromatic heterocycles. The van der Waals surface area contributed by atoms with Gasteiger partial charge in [0.2, 0.25) is 0 Å². The minimum Gasteiger partial charge on any atom is -0.489 e. The summed E-state index contributed by atoms with van der Waals surface area (Å²) in [5.41, 5.74) is 2.12. The molecule has 0 unspecified atom stereocenters. The fraction of sp³-hybridized carbons (Fsp3) is 0.333. The van der Waals surface area contributed by atoms with Crippen LogP contribution in [0, 0.1) is 0 Å². The van der Waals surface area contributed by atoms with Crippen molar-refractivity contribution in [1.29, 1.82) is 0 Å². The SMILES string of the molecule is CC[C@@H](CO)NCc1ccc(OCc2ccc(Cl)c(Cl)c2)cc1. The third kappa shape index (κ3) is 5.70. The number of hydrogen-bond donors (Lipinski definition) is 2. The lowest BCUT2D eigenvalue weighted by molar-refractivity contribution is 0.238. The summed E-state index contributed by atoms with van der Waals surface area (Å²) in [5, 5.41) is 13.5. The van der Waals surface area contributed by atoms with E-state index < -0.39 is 0 Å². The van der Waals surface area contributed by atoms with E-state index in [0.29, 0.717) is 16.7 Å². The van der Waals surface area contributed by atoms with Gasteiger partial charge in [0.15, 0.2) is 0 Å². The van der Waals surface area contributed by atoms with Crippen molar-refractivity contribution >= 4 is 23.2 Å². The molecule has 3 nitrogen and oxygen atoms in total. The Balaban J connectivity index is 1.86. The predicted molar refractivity (Wildman–Crippen MR) is 95.2 cm³/mol. The summed E-state index contributed by atoms with van der Waals surface area (Å²) in [6, 6.07) is 13.5. The molecule has 2 rings (SSSR count). The molecule has 23 heavy (non-hydrogen) atoms. The molecule has 0 radical (unpaired) electrons. The first-order valence-corrected chi connectivity index (χ1v) is 8.38. The molecule has 0 aliphatic carbocycles. The number of benzene rings is 2. The van der Waals surface area contributed by atoms with Crippen molar-refractivity contribution in [3.8, 4) is 5.75 Å². The van der Waals surface area contributed by atoms with Gasteiger partial charge in [-0.25, -0.2) is 0 Å². The third-order valence-electron chi connectivity index (χ3n) is 3.62. The Hall–Kier alpha value is -1.26. The van der Waals surface area contributed by atoms with Crippen molar-refractivity contribution in [3.05, 3.63) is 63.6 Å². The number of halogens is 2. The Labute approximate surface area is 147 Å². The zero-order chi connectivity index (χ0) is 16.7. The van der Waals surface area contributed by atoms with Crippen molar-refractivity contribution in [2.75, 3.05) is 6.61 Å². The minimum atomic E-state index is 0.139. The molecule has 0 amide bonds. The molecule has 0 saturated carbocycles. The largest absolute Gasteiger partial charge is 0.489 e. The monoisotopic (exact) mass is 353 g/mol. The van der Waals surface area contributed by atoms with Gasteiger partial charge in [0, 0.05) is 12.6 Å². The summed E-state index contributed by atoms with van der Waals surface area (Å²) in [6.45, 7) is 3.37. The van der Waals surface area contributed by atoms with E-state index in [1.807, 2.05) is 43.3 Å². The molecular formula is C18H21Cl2NO2. The Morgan fingerprint density at radius 1 is 1.04 bits per heavy atom. The maximum Gasteiger partial charge on any atom is 0.119 e. The Kier molecular flexibility index (Phi) is 7.18. The standard InChI is InChI=1S/C18H21Cl2NO2/c1-2-15(11-22)21-10-13-3-6-16(7-4-13)23-12-14-5-8-17(19)18(20)9-14/h3-9,15,21-22H,2,10-12H2,1H3/t15-/m0/s1. The van der Waals surface area contributed by atoms with E-state index in [1.54, 1.807) is 6.07 Å². The lowest BCUT2D eigenvalue weighted by Gasteiger charge is -2.14. The van der Waals surface area contributed by atoms with Gasteiger partial charge in [-0.05, 0) is 41.8 Å². The quantitative estimate of drug-likeness (QED) is 0.737. The van der Waals surface area contributed by atoms with Crippen molar-refractivity contribution in [2.45, 2.75) is 32.5 Å². The summed E-state index contributed by atoms with van der Waals surface area (Å²) < 4.78 is 5.75. The molecule has 0 aliphatic heterocycles. The van der Waals surface area contributed by atoms with E-state index in [2.05, 4.69) is 5.32 Å². The van der Waals surface area contributed by atoms with E-state index in [9.17, 15) is 0 Å². The van der Waals surface area contributed by atoms with Gasteiger partial charge in [-0.15, -0.1) is 0 Å². The first-order valence-electron chi connectivity index (χ1n) is 7.62. The Bertz CT molecular complexity index is 613. The van der Waals surface area contributed by atoms with E-state index >= 15 is 0 Å². The van der Waals surface area contributed by atoms with Crippen LogP contribution in [0.4, 0.5) is 0 Å². The molecule has 0 heterocycles. The maximum atomic E-state index is 9.16. The number of rotatable bonds is 8. The maximum absolute atomic E-state index is 9.16. The lowest BCUT2D eigenvalue weighted by atomic mass is 10.2. The van der Waals surface area contributed by atoms with E-state index in [4.69, 9.17) is 33.0 Å². The highest BCUT2D eigenvalue weighted by Crippen LogP contribution is 2.23. The average molecular weight is 354 g/mol. The molecule has 2 aromatic rings. The van der Waals surface area contributed by atoms with Crippen LogP contribution < -0.4 is 10.1 Å². The van der Waals surface area contributed by atoms with E-state index in [1.165, 1.54) is 0 Å². The highest BCUT2D eigenvalue weighted by molar-refractivity contribution is 6.42. The van der Waals surface area contributed by atoms with Crippen LogP contribution in [0.15, 0.2) is 42.5 Å². The molecule has 0 fully saturated rings. The molecule has 0 saturated heterocycles. The van der Waals surface area contributed by atoms with Gasteiger partial charge in [0.25, 0.3) is 0 Å². The van der Waals surface area contributed by atoms with Crippen LogP contribution >= 0.6 is 23.2 Å². The van der Waals surface area contributed by atoms with Gasteiger partial charge in [0.1, 0.15) is 12.4 Å². The third-order valence-corrected chi connectivity index (χ3v) is 4.36. The van der Waals surface area contributed by atoms with Crippen molar-refractivity contribution in [3.63, 3.8) is 0 Å². The van der Waals surface area contributed by atoms with Crippen LogP contribution in [0.1, 0.15) is 24.5 Å². The normalized spacial score (nSPS) is 12.2.